The van der Waals surface area contributed by atoms with Gasteiger partial charge in [-0.25, -0.2) is 9.97 Å². The first-order chi connectivity index (χ1) is 14.0. The molecule has 1 atom stereocenters. The molecule has 0 bridgehead atoms. The molecule has 0 spiro atoms. The minimum Gasteiger partial charge on any atom is -0.353 e. The third-order valence-electron chi connectivity index (χ3n) is 5.18. The van der Waals surface area contributed by atoms with E-state index in [0.717, 1.165) is 41.1 Å². The van der Waals surface area contributed by atoms with Crippen LogP contribution in [0.1, 0.15) is 25.8 Å². The van der Waals surface area contributed by atoms with Gasteiger partial charge in [0, 0.05) is 30.6 Å². The molecule has 1 aromatic heterocycles. The number of carbonyl (C=O) groups excluding carboxylic acids is 1. The van der Waals surface area contributed by atoms with Crippen molar-refractivity contribution in [1.29, 1.82) is 5.26 Å². The van der Waals surface area contributed by atoms with Gasteiger partial charge in [-0.1, -0.05) is 38.1 Å². The number of amides is 1. The van der Waals surface area contributed by atoms with E-state index in [2.05, 4.69) is 16.3 Å². The SMILES string of the molecule is CC(C)C(=O)N[C@@H]1CCN(c2nc3ccccc3nc2-c2cccc(C#N)c2)C1. The number of hydrogen-bond donors (Lipinski definition) is 1. The minimum atomic E-state index is -0.0335. The number of nitriles is 1. The van der Waals surface area contributed by atoms with Crippen molar-refractivity contribution in [2.45, 2.75) is 26.3 Å². The van der Waals surface area contributed by atoms with Gasteiger partial charge in [-0.15, -0.1) is 0 Å². The minimum absolute atomic E-state index is 0.0335. The van der Waals surface area contributed by atoms with Crippen LogP contribution in [0.4, 0.5) is 5.82 Å². The Kier molecular flexibility index (Phi) is 5.13. The number of aromatic nitrogens is 2. The molecule has 146 valence electrons. The predicted octanol–water partition coefficient (Wildman–Crippen LogP) is 3.52. The fraction of sp³-hybridized carbons (Fsp3) is 0.304. The van der Waals surface area contributed by atoms with E-state index in [1.54, 1.807) is 6.07 Å². The Balaban J connectivity index is 1.73. The first-order valence-electron chi connectivity index (χ1n) is 9.88. The molecule has 2 aromatic carbocycles. The molecule has 3 aromatic rings. The van der Waals surface area contributed by atoms with Crippen molar-refractivity contribution in [3.8, 4) is 17.3 Å². The van der Waals surface area contributed by atoms with E-state index >= 15 is 0 Å². The summed E-state index contributed by atoms with van der Waals surface area (Å²) in [5.41, 5.74) is 3.87. The van der Waals surface area contributed by atoms with Crippen LogP contribution < -0.4 is 10.2 Å². The lowest BCUT2D eigenvalue weighted by atomic mass is 10.1. The molecule has 2 heterocycles. The molecule has 0 unspecified atom stereocenters. The lowest BCUT2D eigenvalue weighted by Gasteiger charge is -2.21. The molecule has 1 amide bonds. The number of nitrogens with zero attached hydrogens (tertiary/aromatic N) is 4. The monoisotopic (exact) mass is 385 g/mol. The van der Waals surface area contributed by atoms with Crippen LogP contribution in [0, 0.1) is 17.2 Å². The van der Waals surface area contributed by atoms with Crippen molar-refractivity contribution in [1.82, 2.24) is 15.3 Å². The second-order valence-corrected chi connectivity index (χ2v) is 7.67. The number of benzene rings is 2. The number of nitrogens with one attached hydrogen (secondary N) is 1. The summed E-state index contributed by atoms with van der Waals surface area (Å²) in [7, 11) is 0. The summed E-state index contributed by atoms with van der Waals surface area (Å²) in [6.07, 6.45) is 0.866. The topological polar surface area (TPSA) is 81.9 Å². The van der Waals surface area contributed by atoms with E-state index in [1.165, 1.54) is 0 Å². The highest BCUT2D eigenvalue weighted by Crippen LogP contribution is 2.32. The van der Waals surface area contributed by atoms with Crippen molar-refractivity contribution in [2.75, 3.05) is 18.0 Å². The number of rotatable bonds is 4. The van der Waals surface area contributed by atoms with Crippen LogP contribution in [-0.4, -0.2) is 35.0 Å². The van der Waals surface area contributed by atoms with Gasteiger partial charge in [-0.05, 0) is 30.7 Å². The van der Waals surface area contributed by atoms with Gasteiger partial charge in [-0.3, -0.25) is 4.79 Å². The molecular weight excluding hydrogens is 362 g/mol. The van der Waals surface area contributed by atoms with Crippen LogP contribution in [0.25, 0.3) is 22.3 Å². The molecule has 1 N–H and O–H groups in total. The molecule has 4 rings (SSSR count). The molecule has 6 nitrogen and oxygen atoms in total. The molecule has 1 saturated heterocycles. The molecule has 6 heteroatoms. The highest BCUT2D eigenvalue weighted by atomic mass is 16.1. The summed E-state index contributed by atoms with van der Waals surface area (Å²) in [5, 5.41) is 12.4. The second kappa shape index (κ2) is 7.88. The normalized spacial score (nSPS) is 16.2. The molecular formula is C23H23N5O. The number of anilines is 1. The summed E-state index contributed by atoms with van der Waals surface area (Å²) in [6, 6.07) is 17.5. The molecule has 0 saturated carbocycles. The zero-order chi connectivity index (χ0) is 20.4. The Bertz CT molecular complexity index is 1100. The maximum Gasteiger partial charge on any atom is 0.222 e. The number of carbonyl (C=O) groups is 1. The smallest absolute Gasteiger partial charge is 0.222 e. The second-order valence-electron chi connectivity index (χ2n) is 7.67. The van der Waals surface area contributed by atoms with Crippen LogP contribution in [0.3, 0.4) is 0 Å². The Morgan fingerprint density at radius 3 is 2.66 bits per heavy atom. The van der Waals surface area contributed by atoms with Crippen LogP contribution in [0.15, 0.2) is 48.5 Å². The third-order valence-corrected chi connectivity index (χ3v) is 5.18. The fourth-order valence-corrected chi connectivity index (χ4v) is 3.58. The standard InChI is InChI=1S/C23H23N5O/c1-15(2)23(29)25-18-10-11-28(14-18)22-21(17-7-5-6-16(12-17)13-24)26-19-8-3-4-9-20(19)27-22/h3-9,12,15,18H,10-11,14H2,1-2H3,(H,25,29)/t18-/m1/s1. The van der Waals surface area contributed by atoms with E-state index in [1.807, 2.05) is 56.3 Å². The average Bonchev–Trinajstić information content (AvgIpc) is 3.21. The number of hydrogen-bond acceptors (Lipinski definition) is 5. The van der Waals surface area contributed by atoms with E-state index in [4.69, 9.17) is 9.97 Å². The average molecular weight is 385 g/mol. The molecule has 1 aliphatic rings. The van der Waals surface area contributed by atoms with E-state index in [9.17, 15) is 10.1 Å². The van der Waals surface area contributed by atoms with Crippen LogP contribution in [-0.2, 0) is 4.79 Å². The van der Waals surface area contributed by atoms with Crippen molar-refractivity contribution in [2.24, 2.45) is 5.92 Å². The van der Waals surface area contributed by atoms with Gasteiger partial charge in [0.05, 0.1) is 22.7 Å². The Labute approximate surface area is 170 Å². The lowest BCUT2D eigenvalue weighted by molar-refractivity contribution is -0.124. The van der Waals surface area contributed by atoms with Crippen molar-refractivity contribution in [3.63, 3.8) is 0 Å². The summed E-state index contributed by atoms with van der Waals surface area (Å²) in [5.74, 6) is 0.831. The highest BCUT2D eigenvalue weighted by Gasteiger charge is 2.28. The first-order valence-corrected chi connectivity index (χ1v) is 9.88. The summed E-state index contributed by atoms with van der Waals surface area (Å²) >= 11 is 0. The van der Waals surface area contributed by atoms with Crippen LogP contribution in [0.2, 0.25) is 0 Å². The zero-order valence-electron chi connectivity index (χ0n) is 16.6. The van der Waals surface area contributed by atoms with E-state index < -0.39 is 0 Å². The maximum atomic E-state index is 12.1. The van der Waals surface area contributed by atoms with Gasteiger partial charge in [0.25, 0.3) is 0 Å². The Hall–Kier alpha value is -3.46. The predicted molar refractivity (Wildman–Crippen MR) is 113 cm³/mol. The highest BCUT2D eigenvalue weighted by molar-refractivity contribution is 5.84. The van der Waals surface area contributed by atoms with Gasteiger partial charge < -0.3 is 10.2 Å². The lowest BCUT2D eigenvalue weighted by Crippen LogP contribution is -2.39. The fourth-order valence-electron chi connectivity index (χ4n) is 3.58. The van der Waals surface area contributed by atoms with Gasteiger partial charge >= 0.3 is 0 Å². The van der Waals surface area contributed by atoms with Crippen LogP contribution in [0.5, 0.6) is 0 Å². The third kappa shape index (κ3) is 3.90. The summed E-state index contributed by atoms with van der Waals surface area (Å²) < 4.78 is 0. The molecule has 1 aliphatic heterocycles. The van der Waals surface area contributed by atoms with Crippen LogP contribution >= 0.6 is 0 Å². The van der Waals surface area contributed by atoms with Crippen molar-refractivity contribution < 1.29 is 4.79 Å². The Morgan fingerprint density at radius 2 is 1.93 bits per heavy atom. The summed E-state index contributed by atoms with van der Waals surface area (Å²) in [4.78, 5) is 24.1. The molecule has 29 heavy (non-hydrogen) atoms. The largest absolute Gasteiger partial charge is 0.353 e. The van der Waals surface area contributed by atoms with Gasteiger partial charge in [0.2, 0.25) is 5.91 Å². The number of fused-ring (bicyclic) bond motifs is 1. The van der Waals surface area contributed by atoms with Gasteiger partial charge in [-0.2, -0.15) is 5.26 Å². The summed E-state index contributed by atoms with van der Waals surface area (Å²) in [6.45, 7) is 5.28. The molecule has 0 radical (unpaired) electrons. The Morgan fingerprint density at radius 1 is 1.17 bits per heavy atom. The maximum absolute atomic E-state index is 12.1. The quantitative estimate of drug-likeness (QED) is 0.743. The van der Waals surface area contributed by atoms with Gasteiger partial charge in [0.1, 0.15) is 5.69 Å². The van der Waals surface area contributed by atoms with Crippen molar-refractivity contribution >= 4 is 22.8 Å². The first kappa shape index (κ1) is 18.9. The van der Waals surface area contributed by atoms with E-state index in [0.29, 0.717) is 12.1 Å². The molecule has 1 fully saturated rings. The van der Waals surface area contributed by atoms with Gasteiger partial charge in [0.15, 0.2) is 5.82 Å². The van der Waals surface area contributed by atoms with E-state index in [-0.39, 0.29) is 17.9 Å². The number of para-hydroxylation sites is 2. The zero-order valence-corrected chi connectivity index (χ0v) is 16.6. The molecule has 0 aliphatic carbocycles. The van der Waals surface area contributed by atoms with Crippen molar-refractivity contribution in [3.05, 3.63) is 54.1 Å².